The molecule has 0 radical (unpaired) electrons. The number of aliphatic hydroxyl groups is 1. The van der Waals surface area contributed by atoms with Gasteiger partial charge >= 0.3 is 6.09 Å². The number of pyridine rings is 1. The van der Waals surface area contributed by atoms with E-state index < -0.39 is 16.6 Å². The second kappa shape index (κ2) is 9.97. The SMILES string of the molecule is CN(C)C(=O)c1cn(CC2(O)CCN(C(=O)OC(C)(C)C)CC23CCCC3)c(=O)cc1-c1ccccc1. The van der Waals surface area contributed by atoms with Crippen molar-refractivity contribution in [2.45, 2.75) is 70.6 Å². The van der Waals surface area contributed by atoms with Crippen molar-refractivity contribution in [3.63, 3.8) is 0 Å². The first kappa shape index (κ1) is 26.9. The van der Waals surface area contributed by atoms with Gasteiger partial charge in [-0.2, -0.15) is 0 Å². The Kier molecular flexibility index (Phi) is 7.25. The Bertz CT molecular complexity index is 1210. The topological polar surface area (TPSA) is 92.1 Å². The van der Waals surface area contributed by atoms with Gasteiger partial charge in [-0.1, -0.05) is 43.2 Å². The van der Waals surface area contributed by atoms with Gasteiger partial charge in [-0.3, -0.25) is 9.59 Å². The smallest absolute Gasteiger partial charge is 0.410 e. The van der Waals surface area contributed by atoms with Gasteiger partial charge in [0.1, 0.15) is 5.60 Å². The van der Waals surface area contributed by atoms with Crippen molar-refractivity contribution in [1.29, 1.82) is 0 Å². The molecule has 2 fully saturated rings. The lowest BCUT2D eigenvalue weighted by molar-refractivity contribution is -0.140. The van der Waals surface area contributed by atoms with Gasteiger partial charge in [0.2, 0.25) is 0 Å². The fraction of sp³-hybridized carbons (Fsp3) is 0.552. The average Bonchev–Trinajstić information content (AvgIpc) is 3.31. The second-order valence-electron chi connectivity index (χ2n) is 11.8. The molecule has 1 aliphatic heterocycles. The molecule has 1 saturated carbocycles. The molecule has 0 bridgehead atoms. The highest BCUT2D eigenvalue weighted by molar-refractivity contribution is 6.00. The van der Waals surface area contributed by atoms with Crippen molar-refractivity contribution in [3.8, 4) is 11.1 Å². The number of carbonyl (C=O) groups excluding carboxylic acids is 2. The monoisotopic (exact) mass is 509 g/mol. The van der Waals surface area contributed by atoms with E-state index in [1.807, 2.05) is 51.1 Å². The molecule has 1 N–H and O–H groups in total. The predicted molar refractivity (Wildman–Crippen MR) is 142 cm³/mol. The number of amides is 2. The molecule has 2 aliphatic rings. The number of hydrogen-bond donors (Lipinski definition) is 1. The molecule has 2 aromatic rings. The van der Waals surface area contributed by atoms with E-state index in [2.05, 4.69) is 0 Å². The van der Waals surface area contributed by atoms with Crippen molar-refractivity contribution >= 4 is 12.0 Å². The molecule has 8 heteroatoms. The highest BCUT2D eigenvalue weighted by Gasteiger charge is 2.56. The summed E-state index contributed by atoms with van der Waals surface area (Å²) in [5, 5.41) is 12.1. The third-order valence-corrected chi connectivity index (χ3v) is 7.77. The molecule has 2 heterocycles. The summed E-state index contributed by atoms with van der Waals surface area (Å²) in [6.45, 7) is 6.32. The number of aromatic nitrogens is 1. The van der Waals surface area contributed by atoms with Crippen LogP contribution >= 0.6 is 0 Å². The number of piperidine rings is 1. The van der Waals surface area contributed by atoms with E-state index in [-0.39, 0.29) is 24.1 Å². The number of likely N-dealkylation sites (tertiary alicyclic amines) is 1. The third kappa shape index (κ3) is 5.44. The van der Waals surface area contributed by atoms with E-state index in [9.17, 15) is 19.5 Å². The van der Waals surface area contributed by atoms with Gasteiger partial charge in [-0.25, -0.2) is 4.79 Å². The lowest BCUT2D eigenvalue weighted by Gasteiger charge is -2.52. The summed E-state index contributed by atoms with van der Waals surface area (Å²) >= 11 is 0. The lowest BCUT2D eigenvalue weighted by Crippen LogP contribution is -2.62. The minimum Gasteiger partial charge on any atom is -0.444 e. The minimum atomic E-state index is -1.20. The van der Waals surface area contributed by atoms with Gasteiger partial charge in [-0.05, 0) is 45.6 Å². The zero-order chi connectivity index (χ0) is 27.0. The molecule has 1 spiro atoms. The van der Waals surface area contributed by atoms with Gasteiger partial charge in [0.25, 0.3) is 11.5 Å². The van der Waals surface area contributed by atoms with E-state index >= 15 is 0 Å². The van der Waals surface area contributed by atoms with E-state index in [1.165, 1.54) is 15.5 Å². The van der Waals surface area contributed by atoms with Crippen LogP contribution in [0.2, 0.25) is 0 Å². The van der Waals surface area contributed by atoms with Crippen molar-refractivity contribution in [2.75, 3.05) is 27.2 Å². The largest absolute Gasteiger partial charge is 0.444 e. The third-order valence-electron chi connectivity index (χ3n) is 7.77. The van der Waals surface area contributed by atoms with Crippen LogP contribution in [0.15, 0.2) is 47.4 Å². The Morgan fingerprint density at radius 3 is 2.32 bits per heavy atom. The number of rotatable bonds is 4. The molecule has 2 amide bonds. The van der Waals surface area contributed by atoms with Crippen LogP contribution in [0.25, 0.3) is 11.1 Å². The molecule has 1 unspecified atom stereocenters. The standard InChI is InChI=1S/C29H39N3O5/c1-27(2,3)37-26(35)31-16-15-29(36,28(19-31)13-9-10-14-28)20-32-18-23(25(34)30(4)5)22(17-24(32)33)21-11-7-6-8-12-21/h6-8,11-12,17-18,36H,9-10,13-16,19-20H2,1-5H3. The first-order valence-corrected chi connectivity index (χ1v) is 13.1. The van der Waals surface area contributed by atoms with Crippen LogP contribution in [-0.4, -0.2) is 69.9 Å². The zero-order valence-electron chi connectivity index (χ0n) is 22.6. The van der Waals surface area contributed by atoms with Gasteiger partial charge in [0.05, 0.1) is 17.7 Å². The van der Waals surface area contributed by atoms with E-state index in [0.29, 0.717) is 30.6 Å². The van der Waals surface area contributed by atoms with Gasteiger partial charge in [0.15, 0.2) is 0 Å². The molecule has 1 atom stereocenters. The molecule has 8 nitrogen and oxygen atoms in total. The zero-order valence-corrected chi connectivity index (χ0v) is 22.6. The minimum absolute atomic E-state index is 0.0662. The Labute approximate surface area is 218 Å². The molecule has 1 aliphatic carbocycles. The summed E-state index contributed by atoms with van der Waals surface area (Å²) in [6, 6.07) is 10.9. The Hall–Kier alpha value is -3.13. The maximum Gasteiger partial charge on any atom is 0.410 e. The summed E-state index contributed by atoms with van der Waals surface area (Å²) in [5.41, 5.74) is -0.839. The molecule has 200 valence electrons. The van der Waals surface area contributed by atoms with Crippen molar-refractivity contribution in [2.24, 2.45) is 5.41 Å². The van der Waals surface area contributed by atoms with Gasteiger partial charge in [-0.15, -0.1) is 0 Å². The van der Waals surface area contributed by atoms with Crippen LogP contribution < -0.4 is 5.56 Å². The summed E-state index contributed by atoms with van der Waals surface area (Å²) in [6.07, 6.45) is 4.99. The molecule has 1 aromatic heterocycles. The normalized spacial score (nSPS) is 21.2. The number of hydrogen-bond acceptors (Lipinski definition) is 5. The quantitative estimate of drug-likeness (QED) is 0.669. The fourth-order valence-electron chi connectivity index (χ4n) is 5.83. The maximum absolute atomic E-state index is 13.3. The number of nitrogens with zero attached hydrogens (tertiary/aromatic N) is 3. The molecular formula is C29H39N3O5. The molecule has 1 saturated heterocycles. The number of benzene rings is 1. The average molecular weight is 510 g/mol. The summed E-state index contributed by atoms with van der Waals surface area (Å²) in [7, 11) is 3.36. The molecular weight excluding hydrogens is 470 g/mol. The Balaban J connectivity index is 1.70. The van der Waals surface area contributed by atoms with E-state index in [1.54, 1.807) is 25.2 Å². The number of ether oxygens (including phenoxy) is 1. The highest BCUT2D eigenvalue weighted by atomic mass is 16.6. The van der Waals surface area contributed by atoms with E-state index in [0.717, 1.165) is 31.2 Å². The van der Waals surface area contributed by atoms with Crippen molar-refractivity contribution < 1.29 is 19.4 Å². The first-order chi connectivity index (χ1) is 17.3. The van der Waals surface area contributed by atoms with Crippen LogP contribution in [0.3, 0.4) is 0 Å². The van der Waals surface area contributed by atoms with Crippen LogP contribution in [0, 0.1) is 5.41 Å². The molecule has 4 rings (SSSR count). The Morgan fingerprint density at radius 2 is 1.73 bits per heavy atom. The van der Waals surface area contributed by atoms with Crippen molar-refractivity contribution in [1.82, 2.24) is 14.4 Å². The van der Waals surface area contributed by atoms with Gasteiger partial charge in [0, 0.05) is 50.4 Å². The lowest BCUT2D eigenvalue weighted by atomic mass is 9.66. The molecule has 37 heavy (non-hydrogen) atoms. The van der Waals surface area contributed by atoms with Gasteiger partial charge < -0.3 is 24.2 Å². The first-order valence-electron chi connectivity index (χ1n) is 13.1. The Morgan fingerprint density at radius 1 is 1.08 bits per heavy atom. The molecule has 1 aromatic carbocycles. The van der Waals surface area contributed by atoms with E-state index in [4.69, 9.17) is 4.74 Å². The summed E-state index contributed by atoms with van der Waals surface area (Å²) in [4.78, 5) is 42.5. The second-order valence-corrected chi connectivity index (χ2v) is 11.8. The van der Waals surface area contributed by atoms with Crippen LogP contribution in [-0.2, 0) is 11.3 Å². The van der Waals surface area contributed by atoms with Crippen LogP contribution in [0.4, 0.5) is 4.79 Å². The maximum atomic E-state index is 13.3. The number of carbonyl (C=O) groups is 2. The summed E-state index contributed by atoms with van der Waals surface area (Å²) in [5.74, 6) is -0.213. The predicted octanol–water partition coefficient (Wildman–Crippen LogP) is 4.15. The van der Waals surface area contributed by atoms with Crippen molar-refractivity contribution in [3.05, 3.63) is 58.5 Å². The van der Waals surface area contributed by atoms with Crippen LogP contribution in [0.5, 0.6) is 0 Å². The van der Waals surface area contributed by atoms with Crippen LogP contribution in [0.1, 0.15) is 63.2 Å². The fourth-order valence-corrected chi connectivity index (χ4v) is 5.83. The summed E-state index contributed by atoms with van der Waals surface area (Å²) < 4.78 is 7.09. The highest BCUT2D eigenvalue weighted by Crippen LogP contribution is 2.51.